The lowest BCUT2D eigenvalue weighted by atomic mass is 10.3. The summed E-state index contributed by atoms with van der Waals surface area (Å²) in [4.78, 5) is 15.2. The summed E-state index contributed by atoms with van der Waals surface area (Å²) >= 11 is 0. The number of carbonyl (C=O) groups is 1. The Morgan fingerprint density at radius 1 is 1.62 bits per heavy atom. The summed E-state index contributed by atoms with van der Waals surface area (Å²) in [6.45, 7) is 5.75. The molecule has 1 aromatic heterocycles. The molecule has 5 nitrogen and oxygen atoms in total. The number of nitrogens with one attached hydrogen (secondary N) is 1. The largest absolute Gasteiger partial charge is 0.465 e. The standard InChI is InChI=1S/C11H19N3O2/c1-3-16-11(15)10(2)13-5-4-7-14-8-6-12-9-14/h6,8-10,13H,3-5,7H2,1-2H3. The van der Waals surface area contributed by atoms with Crippen LogP contribution in [-0.4, -0.2) is 34.7 Å². The van der Waals surface area contributed by atoms with Gasteiger partial charge in [0.25, 0.3) is 0 Å². The van der Waals surface area contributed by atoms with E-state index in [0.717, 1.165) is 19.5 Å². The number of carbonyl (C=O) groups excluding carboxylic acids is 1. The molecule has 0 aliphatic carbocycles. The molecule has 0 bridgehead atoms. The molecule has 0 aromatic carbocycles. The Morgan fingerprint density at radius 3 is 3.06 bits per heavy atom. The molecule has 0 saturated carbocycles. The molecule has 5 heteroatoms. The molecule has 0 spiro atoms. The van der Waals surface area contributed by atoms with Gasteiger partial charge in [0.1, 0.15) is 6.04 Å². The molecule has 1 atom stereocenters. The van der Waals surface area contributed by atoms with Gasteiger partial charge in [0, 0.05) is 18.9 Å². The van der Waals surface area contributed by atoms with Crippen LogP contribution in [0.2, 0.25) is 0 Å². The maximum Gasteiger partial charge on any atom is 0.322 e. The maximum absolute atomic E-state index is 11.3. The highest BCUT2D eigenvalue weighted by Crippen LogP contribution is 1.92. The first kappa shape index (κ1) is 12.7. The number of ether oxygens (including phenoxy) is 1. The molecule has 1 aromatic rings. The highest BCUT2D eigenvalue weighted by Gasteiger charge is 2.11. The van der Waals surface area contributed by atoms with Gasteiger partial charge in [0.05, 0.1) is 12.9 Å². The van der Waals surface area contributed by atoms with E-state index in [0.29, 0.717) is 6.61 Å². The second-order valence-electron chi connectivity index (χ2n) is 3.58. The summed E-state index contributed by atoms with van der Waals surface area (Å²) in [5.41, 5.74) is 0. The van der Waals surface area contributed by atoms with Crippen molar-refractivity contribution in [2.24, 2.45) is 0 Å². The normalized spacial score (nSPS) is 12.4. The lowest BCUT2D eigenvalue weighted by Crippen LogP contribution is -2.36. The molecule has 1 unspecified atom stereocenters. The smallest absolute Gasteiger partial charge is 0.322 e. The summed E-state index contributed by atoms with van der Waals surface area (Å²) in [6, 6.07) is -0.234. The molecule has 16 heavy (non-hydrogen) atoms. The zero-order valence-electron chi connectivity index (χ0n) is 9.85. The molecule has 90 valence electrons. The molecule has 0 aliphatic heterocycles. The fourth-order valence-electron chi connectivity index (χ4n) is 1.35. The van der Waals surface area contributed by atoms with E-state index >= 15 is 0 Å². The Morgan fingerprint density at radius 2 is 2.44 bits per heavy atom. The summed E-state index contributed by atoms with van der Waals surface area (Å²) in [5, 5.41) is 3.12. The highest BCUT2D eigenvalue weighted by molar-refractivity contribution is 5.75. The molecule has 0 radical (unpaired) electrons. The van der Waals surface area contributed by atoms with Crippen LogP contribution in [0.1, 0.15) is 20.3 Å². The average Bonchev–Trinajstić information content (AvgIpc) is 2.77. The van der Waals surface area contributed by atoms with Gasteiger partial charge in [-0.15, -0.1) is 0 Å². The van der Waals surface area contributed by atoms with Crippen LogP contribution >= 0.6 is 0 Å². The zero-order chi connectivity index (χ0) is 11.8. The van der Waals surface area contributed by atoms with Gasteiger partial charge >= 0.3 is 5.97 Å². The van der Waals surface area contributed by atoms with E-state index in [2.05, 4.69) is 10.3 Å². The topological polar surface area (TPSA) is 56.1 Å². The Hall–Kier alpha value is -1.36. The Bertz CT molecular complexity index is 298. The van der Waals surface area contributed by atoms with Gasteiger partial charge in [-0.25, -0.2) is 4.98 Å². The number of nitrogens with zero attached hydrogens (tertiary/aromatic N) is 2. The molecular weight excluding hydrogens is 206 g/mol. The van der Waals surface area contributed by atoms with Crippen LogP contribution in [0.5, 0.6) is 0 Å². The summed E-state index contributed by atoms with van der Waals surface area (Å²) < 4.78 is 6.90. The molecule has 0 aliphatic rings. The van der Waals surface area contributed by atoms with Gasteiger partial charge < -0.3 is 14.6 Å². The van der Waals surface area contributed by atoms with Crippen LogP contribution in [-0.2, 0) is 16.1 Å². The number of hydrogen-bond acceptors (Lipinski definition) is 4. The fourth-order valence-corrected chi connectivity index (χ4v) is 1.35. The van der Waals surface area contributed by atoms with Gasteiger partial charge in [-0.2, -0.15) is 0 Å². The molecular formula is C11H19N3O2. The number of aryl methyl sites for hydroxylation is 1. The van der Waals surface area contributed by atoms with Crippen LogP contribution < -0.4 is 5.32 Å². The van der Waals surface area contributed by atoms with Crippen LogP contribution in [0.25, 0.3) is 0 Å². The number of aromatic nitrogens is 2. The molecule has 0 amide bonds. The summed E-state index contributed by atoms with van der Waals surface area (Å²) in [5.74, 6) is -0.190. The minimum Gasteiger partial charge on any atom is -0.465 e. The van der Waals surface area contributed by atoms with E-state index < -0.39 is 0 Å². The molecule has 1 rings (SSSR count). The maximum atomic E-state index is 11.3. The molecule has 0 saturated heterocycles. The minimum absolute atomic E-state index is 0.190. The molecule has 0 fully saturated rings. The average molecular weight is 225 g/mol. The predicted octanol–water partition coefficient (Wildman–Crippen LogP) is 0.814. The van der Waals surface area contributed by atoms with Gasteiger partial charge in [-0.3, -0.25) is 4.79 Å². The summed E-state index contributed by atoms with van der Waals surface area (Å²) in [6.07, 6.45) is 6.43. The fraction of sp³-hybridized carbons (Fsp3) is 0.636. The van der Waals surface area contributed by atoms with Crippen molar-refractivity contribution in [3.8, 4) is 0 Å². The van der Waals surface area contributed by atoms with Gasteiger partial charge in [0.15, 0.2) is 0 Å². The van der Waals surface area contributed by atoms with Crippen LogP contribution in [0.15, 0.2) is 18.7 Å². The second-order valence-corrected chi connectivity index (χ2v) is 3.58. The Labute approximate surface area is 95.8 Å². The third-order valence-corrected chi connectivity index (χ3v) is 2.24. The number of hydrogen-bond donors (Lipinski definition) is 1. The quantitative estimate of drug-likeness (QED) is 0.551. The monoisotopic (exact) mass is 225 g/mol. The summed E-state index contributed by atoms with van der Waals surface area (Å²) in [7, 11) is 0. The van der Waals surface area contributed by atoms with E-state index in [1.165, 1.54) is 0 Å². The van der Waals surface area contributed by atoms with Crippen molar-refractivity contribution < 1.29 is 9.53 Å². The van der Waals surface area contributed by atoms with Crippen molar-refractivity contribution in [1.82, 2.24) is 14.9 Å². The zero-order valence-corrected chi connectivity index (χ0v) is 9.85. The van der Waals surface area contributed by atoms with Crippen molar-refractivity contribution in [2.45, 2.75) is 32.9 Å². The number of esters is 1. The Kier molecular flexibility index (Phi) is 5.56. The van der Waals surface area contributed by atoms with Crippen molar-refractivity contribution in [1.29, 1.82) is 0 Å². The van der Waals surface area contributed by atoms with Crippen molar-refractivity contribution in [3.63, 3.8) is 0 Å². The van der Waals surface area contributed by atoms with Crippen molar-refractivity contribution in [2.75, 3.05) is 13.2 Å². The van der Waals surface area contributed by atoms with Gasteiger partial charge in [-0.1, -0.05) is 0 Å². The van der Waals surface area contributed by atoms with Crippen molar-refractivity contribution >= 4 is 5.97 Å². The van der Waals surface area contributed by atoms with Gasteiger partial charge in [-0.05, 0) is 26.8 Å². The number of rotatable bonds is 7. The lowest BCUT2D eigenvalue weighted by molar-refractivity contribution is -0.145. The van der Waals surface area contributed by atoms with E-state index in [1.807, 2.05) is 24.6 Å². The van der Waals surface area contributed by atoms with Crippen LogP contribution in [0.3, 0.4) is 0 Å². The van der Waals surface area contributed by atoms with Gasteiger partial charge in [0.2, 0.25) is 0 Å². The SMILES string of the molecule is CCOC(=O)C(C)NCCCn1ccnc1. The third kappa shape index (κ3) is 4.44. The minimum atomic E-state index is -0.234. The lowest BCUT2D eigenvalue weighted by Gasteiger charge is -2.12. The first-order valence-corrected chi connectivity index (χ1v) is 5.59. The molecule has 1 N–H and O–H groups in total. The first-order chi connectivity index (χ1) is 7.74. The highest BCUT2D eigenvalue weighted by atomic mass is 16.5. The van der Waals surface area contributed by atoms with Crippen LogP contribution in [0.4, 0.5) is 0 Å². The first-order valence-electron chi connectivity index (χ1n) is 5.59. The van der Waals surface area contributed by atoms with E-state index in [1.54, 1.807) is 12.5 Å². The van der Waals surface area contributed by atoms with E-state index in [4.69, 9.17) is 4.74 Å². The van der Waals surface area contributed by atoms with E-state index in [-0.39, 0.29) is 12.0 Å². The molecule has 1 heterocycles. The second kappa shape index (κ2) is 7.00. The van der Waals surface area contributed by atoms with Crippen LogP contribution in [0, 0.1) is 0 Å². The predicted molar refractivity (Wildman–Crippen MR) is 60.9 cm³/mol. The van der Waals surface area contributed by atoms with E-state index in [9.17, 15) is 4.79 Å². The third-order valence-electron chi connectivity index (χ3n) is 2.24. The Balaban J connectivity index is 2.08. The van der Waals surface area contributed by atoms with Crippen molar-refractivity contribution in [3.05, 3.63) is 18.7 Å². The number of imidazole rings is 1.